The van der Waals surface area contributed by atoms with Crippen molar-refractivity contribution in [3.63, 3.8) is 0 Å². The third kappa shape index (κ3) is 7.78. The van der Waals surface area contributed by atoms with Gasteiger partial charge in [-0.1, -0.05) is 0 Å². The normalized spacial score (nSPS) is 12.8. The molecule has 0 aliphatic heterocycles. The number of amides is 3. The van der Waals surface area contributed by atoms with Gasteiger partial charge >= 0.3 is 0 Å². The van der Waals surface area contributed by atoms with Crippen LogP contribution in [0.4, 0.5) is 5.69 Å². The molecule has 15 heteroatoms. The molecule has 0 heterocycles. The van der Waals surface area contributed by atoms with Gasteiger partial charge in [0.15, 0.2) is 6.10 Å². The maximum absolute atomic E-state index is 12.9. The van der Waals surface area contributed by atoms with Gasteiger partial charge < -0.3 is 46.2 Å². The largest absolute Gasteiger partial charge is 0.395 e. The lowest BCUT2D eigenvalue weighted by Crippen LogP contribution is -2.46. The first kappa shape index (κ1) is 30.6. The van der Waals surface area contributed by atoms with E-state index in [2.05, 4.69) is 10.6 Å². The Morgan fingerprint density at radius 3 is 1.61 bits per heavy atom. The van der Waals surface area contributed by atoms with E-state index >= 15 is 0 Å². The van der Waals surface area contributed by atoms with Gasteiger partial charge in [0.1, 0.15) is 0 Å². The quantitative estimate of drug-likeness (QED) is 0.110. The van der Waals surface area contributed by atoms with Gasteiger partial charge in [0.25, 0.3) is 17.7 Å². The van der Waals surface area contributed by atoms with Gasteiger partial charge in [-0.05, 0) is 67.8 Å². The van der Waals surface area contributed by atoms with E-state index in [9.17, 15) is 34.8 Å². The molecule has 12 nitrogen and oxygen atoms in total. The molecule has 2 atom stereocenters. The fraction of sp³-hybridized carbons (Fsp3) is 0.500. The fourth-order valence-electron chi connectivity index (χ4n) is 2.62. The number of carbonyl (C=O) groups excluding carboxylic acids is 3. The van der Waals surface area contributed by atoms with Crippen LogP contribution in [0.3, 0.4) is 0 Å². The van der Waals surface area contributed by atoms with Gasteiger partial charge in [-0.3, -0.25) is 14.4 Å². The highest BCUT2D eigenvalue weighted by atomic mass is 127. The van der Waals surface area contributed by atoms with E-state index in [1.165, 1.54) is 0 Å². The molecule has 0 saturated heterocycles. The lowest BCUT2D eigenvalue weighted by molar-refractivity contribution is -0.128. The lowest BCUT2D eigenvalue weighted by atomic mass is 10.1. The molecule has 0 saturated carbocycles. The number of anilines is 1. The first-order chi connectivity index (χ1) is 15.6. The second-order valence-electron chi connectivity index (χ2n) is 6.48. The van der Waals surface area contributed by atoms with Crippen LogP contribution in [0.1, 0.15) is 20.7 Å². The van der Waals surface area contributed by atoms with Crippen molar-refractivity contribution in [1.29, 1.82) is 0 Å². The smallest absolute Gasteiger partial charge is 0.258 e. The molecule has 1 rings (SSSR count). The summed E-state index contributed by atoms with van der Waals surface area (Å²) < 4.78 is 0.618. The Hall–Kier alpha value is -0.420. The third-order valence-electron chi connectivity index (χ3n) is 4.14. The van der Waals surface area contributed by atoms with Crippen LogP contribution in [0.15, 0.2) is 0 Å². The number of hydrogen-bond donors (Lipinski definition) is 8. The summed E-state index contributed by atoms with van der Waals surface area (Å²) >= 11 is 5.37. The predicted molar refractivity (Wildman–Crippen MR) is 142 cm³/mol. The number of halogens is 3. The number of nitrogens with one attached hydrogen (secondary N) is 2. The molecule has 0 radical (unpaired) electrons. The van der Waals surface area contributed by atoms with Crippen molar-refractivity contribution in [2.75, 3.05) is 51.0 Å². The first-order valence-electron chi connectivity index (χ1n) is 9.44. The van der Waals surface area contributed by atoms with Gasteiger partial charge in [0.2, 0.25) is 0 Å². The van der Waals surface area contributed by atoms with Crippen LogP contribution in [0.5, 0.6) is 0 Å². The third-order valence-corrected chi connectivity index (χ3v) is 7.32. The molecule has 1 aromatic carbocycles. The van der Waals surface area contributed by atoms with E-state index in [1.807, 2.05) is 0 Å². The molecule has 0 spiro atoms. The van der Waals surface area contributed by atoms with E-state index in [0.717, 1.165) is 4.90 Å². The second kappa shape index (κ2) is 14.9. The van der Waals surface area contributed by atoms with Gasteiger partial charge in [0, 0.05) is 16.7 Å². The molecule has 8 N–H and O–H groups in total. The lowest BCUT2D eigenvalue weighted by Gasteiger charge is -2.30. The van der Waals surface area contributed by atoms with Crippen molar-refractivity contribution in [2.45, 2.75) is 12.2 Å². The predicted octanol–water partition coefficient (Wildman–Crippen LogP) is -2.02. The van der Waals surface area contributed by atoms with Crippen LogP contribution in [-0.2, 0) is 4.79 Å². The number of nitrogens with zero attached hydrogens (tertiary/aromatic N) is 1. The van der Waals surface area contributed by atoms with Crippen LogP contribution in [0.25, 0.3) is 0 Å². The Balaban J connectivity index is 3.90. The molecule has 186 valence electrons. The summed E-state index contributed by atoms with van der Waals surface area (Å²) in [6.07, 6.45) is -3.29. The topological polar surface area (TPSA) is 200 Å². The van der Waals surface area contributed by atoms with Gasteiger partial charge in [-0.2, -0.15) is 0 Å². The zero-order valence-corrected chi connectivity index (χ0v) is 23.6. The summed E-state index contributed by atoms with van der Waals surface area (Å²) in [6.45, 7) is -2.97. The monoisotopic (exact) mass is 807 g/mol. The summed E-state index contributed by atoms with van der Waals surface area (Å²) in [5, 5.41) is 61.6. The highest BCUT2D eigenvalue weighted by molar-refractivity contribution is 14.1. The maximum Gasteiger partial charge on any atom is 0.258 e. The average Bonchev–Trinajstić information content (AvgIpc) is 2.79. The summed E-state index contributed by atoms with van der Waals surface area (Å²) in [7, 11) is 0. The molecule has 0 fully saturated rings. The minimum Gasteiger partial charge on any atom is -0.395 e. The highest BCUT2D eigenvalue weighted by Crippen LogP contribution is 2.38. The van der Waals surface area contributed by atoms with Gasteiger partial charge in [-0.15, -0.1) is 0 Å². The number of hydrogen-bond acceptors (Lipinski definition) is 9. The summed E-state index contributed by atoms with van der Waals surface area (Å²) in [5.41, 5.74) is 0.0119. The van der Waals surface area contributed by atoms with Crippen molar-refractivity contribution in [3.05, 3.63) is 21.8 Å². The minimum absolute atomic E-state index is 0.00370. The van der Waals surface area contributed by atoms with E-state index in [-0.39, 0.29) is 53.8 Å². The number of aliphatic hydroxyl groups excluding tert-OH is 6. The molecule has 33 heavy (non-hydrogen) atoms. The Morgan fingerprint density at radius 2 is 1.24 bits per heavy atom. The Morgan fingerprint density at radius 1 is 0.788 bits per heavy atom. The number of rotatable bonds is 12. The molecule has 2 unspecified atom stereocenters. The number of benzene rings is 1. The Labute approximate surface area is 230 Å². The molecule has 0 aromatic heterocycles. The van der Waals surface area contributed by atoms with Crippen LogP contribution >= 0.6 is 67.8 Å². The van der Waals surface area contributed by atoms with Gasteiger partial charge in [0.05, 0.1) is 63.0 Å². The van der Waals surface area contributed by atoms with E-state index in [0.29, 0.717) is 0 Å². The summed E-state index contributed by atoms with van der Waals surface area (Å²) in [4.78, 5) is 39.5. The van der Waals surface area contributed by atoms with Crippen molar-refractivity contribution in [1.82, 2.24) is 10.6 Å². The Bertz CT molecular complexity index is 825. The van der Waals surface area contributed by atoms with Crippen molar-refractivity contribution in [3.8, 4) is 0 Å². The average molecular weight is 807 g/mol. The van der Waals surface area contributed by atoms with Crippen molar-refractivity contribution < 1.29 is 45.0 Å². The standard InChI is InChI=1S/C18H24I3N3O9/c19-12-10(16(31)22-1-3-25)13(20)15(14(21)11(12)17(32)23-2-4-26)24(5-8(29)6-27)18(33)9(30)7-28/h8-9,25-30H,1-7H2,(H,22,31)(H,23,32). The zero-order chi connectivity index (χ0) is 25.3. The summed E-state index contributed by atoms with van der Waals surface area (Å²) in [6, 6.07) is 0. The molecule has 0 bridgehead atoms. The van der Waals surface area contributed by atoms with Gasteiger partial charge in [-0.25, -0.2) is 0 Å². The number of aliphatic hydroxyl groups is 6. The fourth-order valence-corrected chi connectivity index (χ4v) is 7.35. The maximum atomic E-state index is 12.9. The SMILES string of the molecule is O=C(NCCO)c1c(I)c(C(=O)NCCO)c(I)c(N(CC(O)CO)C(=O)C(O)CO)c1I. The number of carbonyl (C=O) groups is 3. The van der Waals surface area contributed by atoms with Crippen molar-refractivity contribution in [2.24, 2.45) is 0 Å². The molecule has 3 amide bonds. The molecule has 1 aromatic rings. The van der Waals surface area contributed by atoms with E-state index in [4.69, 9.17) is 10.2 Å². The first-order valence-corrected chi connectivity index (χ1v) is 12.7. The molecular weight excluding hydrogens is 783 g/mol. The molecule has 0 aliphatic carbocycles. The minimum atomic E-state index is -1.86. The van der Waals surface area contributed by atoms with Crippen LogP contribution in [0, 0.1) is 10.7 Å². The zero-order valence-electron chi connectivity index (χ0n) is 17.1. The van der Waals surface area contributed by atoms with Crippen LogP contribution in [0.2, 0.25) is 0 Å². The molecule has 0 aliphatic rings. The summed E-state index contributed by atoms with van der Waals surface area (Å²) in [5.74, 6) is -2.32. The van der Waals surface area contributed by atoms with Crippen molar-refractivity contribution >= 4 is 91.2 Å². The second-order valence-corrected chi connectivity index (χ2v) is 9.72. The van der Waals surface area contributed by atoms with E-state index in [1.54, 1.807) is 67.8 Å². The van der Waals surface area contributed by atoms with Crippen LogP contribution in [-0.4, -0.2) is 107 Å². The van der Waals surface area contributed by atoms with Crippen LogP contribution < -0.4 is 15.5 Å². The highest BCUT2D eigenvalue weighted by Gasteiger charge is 2.34. The molecular formula is C18H24I3N3O9. The van der Waals surface area contributed by atoms with E-state index < -0.39 is 49.7 Å². The Kier molecular flexibility index (Phi) is 13.8.